The first-order valence-electron chi connectivity index (χ1n) is 7.12. The molecule has 0 spiro atoms. The number of amides is 1. The van der Waals surface area contributed by atoms with Crippen LogP contribution in [0.5, 0.6) is 11.5 Å². The Morgan fingerprint density at radius 2 is 2.00 bits per heavy atom. The molecule has 5 nitrogen and oxygen atoms in total. The van der Waals surface area contributed by atoms with Crippen molar-refractivity contribution in [3.05, 3.63) is 59.8 Å². The summed E-state index contributed by atoms with van der Waals surface area (Å²) in [5.41, 5.74) is 2.43. The molecular weight excluding hydrogens is 292 g/mol. The number of carbonyl (C=O) groups excluding carboxylic acids is 1. The Bertz CT molecular complexity index is 891. The number of aryl methyl sites for hydroxylation is 1. The molecule has 0 fully saturated rings. The molecule has 23 heavy (non-hydrogen) atoms. The average molecular weight is 308 g/mol. The number of hydrogen-bond donors (Lipinski definition) is 2. The van der Waals surface area contributed by atoms with Crippen molar-refractivity contribution in [2.75, 3.05) is 12.4 Å². The molecule has 0 aliphatic heterocycles. The lowest BCUT2D eigenvalue weighted by Gasteiger charge is -2.10. The molecule has 2 aromatic carbocycles. The number of hydrogen-bond acceptors (Lipinski definition) is 4. The molecule has 0 aliphatic rings. The van der Waals surface area contributed by atoms with Crippen LogP contribution >= 0.6 is 0 Å². The van der Waals surface area contributed by atoms with E-state index in [9.17, 15) is 9.90 Å². The molecule has 3 aromatic rings. The molecule has 116 valence electrons. The summed E-state index contributed by atoms with van der Waals surface area (Å²) < 4.78 is 5.19. The molecule has 0 aliphatic carbocycles. The number of carbonyl (C=O) groups is 1. The highest BCUT2D eigenvalue weighted by Gasteiger charge is 2.12. The topological polar surface area (TPSA) is 71.5 Å². The Morgan fingerprint density at radius 3 is 2.74 bits per heavy atom. The Balaban J connectivity index is 1.95. The van der Waals surface area contributed by atoms with E-state index in [4.69, 9.17) is 4.74 Å². The number of ether oxygens (including phenoxy) is 1. The van der Waals surface area contributed by atoms with Crippen LogP contribution in [0.4, 0.5) is 5.69 Å². The highest BCUT2D eigenvalue weighted by atomic mass is 16.5. The highest BCUT2D eigenvalue weighted by molar-refractivity contribution is 6.06. The second-order valence-electron chi connectivity index (χ2n) is 5.18. The molecule has 5 heteroatoms. The van der Waals surface area contributed by atoms with E-state index < -0.39 is 0 Å². The monoisotopic (exact) mass is 308 g/mol. The van der Waals surface area contributed by atoms with Crippen LogP contribution in [-0.4, -0.2) is 23.1 Å². The van der Waals surface area contributed by atoms with Crippen LogP contribution in [0.1, 0.15) is 16.1 Å². The Labute approximate surface area is 133 Å². The van der Waals surface area contributed by atoms with Crippen LogP contribution in [0.15, 0.2) is 48.5 Å². The van der Waals surface area contributed by atoms with Gasteiger partial charge in [-0.2, -0.15) is 0 Å². The first-order chi connectivity index (χ1) is 11.1. The zero-order valence-corrected chi connectivity index (χ0v) is 12.8. The summed E-state index contributed by atoms with van der Waals surface area (Å²) in [7, 11) is 1.60. The average Bonchev–Trinajstić information content (AvgIpc) is 2.53. The maximum absolute atomic E-state index is 12.5. The summed E-state index contributed by atoms with van der Waals surface area (Å²) in [6, 6.07) is 13.8. The SMILES string of the molecule is COc1ccc2cc(C(=O)Nc3cccc(O)c3)c(C)nc2c1. The van der Waals surface area contributed by atoms with Crippen molar-refractivity contribution < 1.29 is 14.6 Å². The van der Waals surface area contributed by atoms with Crippen LogP contribution in [0.25, 0.3) is 10.9 Å². The molecular formula is C18H16N2O3. The van der Waals surface area contributed by atoms with Gasteiger partial charge in [-0.25, -0.2) is 0 Å². The predicted molar refractivity (Wildman–Crippen MR) is 89.1 cm³/mol. The van der Waals surface area contributed by atoms with Crippen molar-refractivity contribution in [2.24, 2.45) is 0 Å². The smallest absolute Gasteiger partial charge is 0.257 e. The normalized spacial score (nSPS) is 10.5. The van der Waals surface area contributed by atoms with Gasteiger partial charge in [0.1, 0.15) is 11.5 Å². The van der Waals surface area contributed by atoms with Crippen molar-refractivity contribution in [1.29, 1.82) is 0 Å². The Kier molecular flexibility index (Phi) is 3.85. The molecule has 0 atom stereocenters. The fourth-order valence-electron chi connectivity index (χ4n) is 2.38. The van der Waals surface area contributed by atoms with Gasteiger partial charge in [0, 0.05) is 23.2 Å². The number of methoxy groups -OCH3 is 1. The van der Waals surface area contributed by atoms with Gasteiger partial charge >= 0.3 is 0 Å². The number of aromatic nitrogens is 1. The predicted octanol–water partition coefficient (Wildman–Crippen LogP) is 3.51. The van der Waals surface area contributed by atoms with E-state index in [0.717, 1.165) is 16.7 Å². The number of rotatable bonds is 3. The molecule has 1 amide bonds. The lowest BCUT2D eigenvalue weighted by Crippen LogP contribution is -2.14. The summed E-state index contributed by atoms with van der Waals surface area (Å²) in [6.45, 7) is 1.79. The van der Waals surface area contributed by atoms with Crippen LogP contribution in [0, 0.1) is 6.92 Å². The van der Waals surface area contributed by atoms with Gasteiger partial charge in [0.05, 0.1) is 23.9 Å². The molecule has 3 rings (SSSR count). The van der Waals surface area contributed by atoms with Gasteiger partial charge in [-0.3, -0.25) is 9.78 Å². The lowest BCUT2D eigenvalue weighted by atomic mass is 10.1. The summed E-state index contributed by atoms with van der Waals surface area (Å²) in [5.74, 6) is 0.558. The number of nitrogens with one attached hydrogen (secondary N) is 1. The highest BCUT2D eigenvalue weighted by Crippen LogP contribution is 2.23. The minimum absolute atomic E-state index is 0.100. The molecule has 1 aromatic heterocycles. The summed E-state index contributed by atoms with van der Waals surface area (Å²) >= 11 is 0. The molecule has 2 N–H and O–H groups in total. The minimum atomic E-state index is -0.265. The van der Waals surface area contributed by atoms with E-state index in [1.165, 1.54) is 6.07 Å². The quantitative estimate of drug-likeness (QED) is 0.776. The van der Waals surface area contributed by atoms with E-state index in [0.29, 0.717) is 16.9 Å². The number of anilines is 1. The first-order valence-corrected chi connectivity index (χ1v) is 7.12. The van der Waals surface area contributed by atoms with Crippen LogP contribution in [-0.2, 0) is 0 Å². The zero-order valence-electron chi connectivity index (χ0n) is 12.8. The number of nitrogens with zero attached hydrogens (tertiary/aromatic N) is 1. The number of phenols is 1. The standard InChI is InChI=1S/C18H16N2O3/c1-11-16(18(22)20-13-4-3-5-14(21)9-13)8-12-6-7-15(23-2)10-17(12)19-11/h3-10,21H,1-2H3,(H,20,22). The molecule has 0 bridgehead atoms. The van der Waals surface area contributed by atoms with Gasteiger partial charge < -0.3 is 15.2 Å². The molecule has 1 heterocycles. The fraction of sp³-hybridized carbons (Fsp3) is 0.111. The van der Waals surface area contributed by atoms with E-state index in [1.807, 2.05) is 18.2 Å². The van der Waals surface area contributed by atoms with Gasteiger partial charge in [-0.1, -0.05) is 6.07 Å². The molecule has 0 radical (unpaired) electrons. The van der Waals surface area contributed by atoms with Crippen molar-refractivity contribution in [1.82, 2.24) is 4.98 Å². The molecule has 0 saturated heterocycles. The molecule has 0 saturated carbocycles. The van der Waals surface area contributed by atoms with Gasteiger partial charge in [-0.15, -0.1) is 0 Å². The van der Waals surface area contributed by atoms with Gasteiger partial charge in [0.2, 0.25) is 0 Å². The van der Waals surface area contributed by atoms with Crippen molar-refractivity contribution in [3.8, 4) is 11.5 Å². The number of phenolic OH excluding ortho intramolecular Hbond substituents is 1. The van der Waals surface area contributed by atoms with Crippen LogP contribution < -0.4 is 10.1 Å². The number of aromatic hydroxyl groups is 1. The second-order valence-corrected chi connectivity index (χ2v) is 5.18. The number of pyridine rings is 1. The van der Waals surface area contributed by atoms with Gasteiger partial charge in [0.15, 0.2) is 0 Å². The number of fused-ring (bicyclic) bond motifs is 1. The Hall–Kier alpha value is -3.08. The maximum atomic E-state index is 12.5. The van der Waals surface area contributed by atoms with Crippen LogP contribution in [0.3, 0.4) is 0 Å². The van der Waals surface area contributed by atoms with E-state index >= 15 is 0 Å². The second kappa shape index (κ2) is 5.96. The van der Waals surface area contributed by atoms with E-state index in [-0.39, 0.29) is 11.7 Å². The largest absolute Gasteiger partial charge is 0.508 e. The third-order valence-corrected chi connectivity index (χ3v) is 3.56. The van der Waals surface area contributed by atoms with E-state index in [1.54, 1.807) is 38.3 Å². The van der Waals surface area contributed by atoms with Crippen molar-refractivity contribution in [3.63, 3.8) is 0 Å². The summed E-state index contributed by atoms with van der Waals surface area (Å²) in [4.78, 5) is 16.9. The van der Waals surface area contributed by atoms with E-state index in [2.05, 4.69) is 10.3 Å². The third-order valence-electron chi connectivity index (χ3n) is 3.56. The lowest BCUT2D eigenvalue weighted by molar-refractivity contribution is 0.102. The Morgan fingerprint density at radius 1 is 1.17 bits per heavy atom. The summed E-state index contributed by atoms with van der Waals surface area (Å²) in [5, 5.41) is 13.1. The molecule has 0 unspecified atom stereocenters. The van der Waals surface area contributed by atoms with Gasteiger partial charge in [-0.05, 0) is 37.3 Å². The van der Waals surface area contributed by atoms with Crippen LogP contribution in [0.2, 0.25) is 0 Å². The zero-order chi connectivity index (χ0) is 16.4. The van der Waals surface area contributed by atoms with Crippen molar-refractivity contribution in [2.45, 2.75) is 6.92 Å². The first kappa shape index (κ1) is 14.8. The summed E-state index contributed by atoms with van der Waals surface area (Å²) in [6.07, 6.45) is 0. The fourth-order valence-corrected chi connectivity index (χ4v) is 2.38. The number of benzene rings is 2. The van der Waals surface area contributed by atoms with Crippen molar-refractivity contribution >= 4 is 22.5 Å². The maximum Gasteiger partial charge on any atom is 0.257 e. The third kappa shape index (κ3) is 3.08. The van der Waals surface area contributed by atoms with Gasteiger partial charge in [0.25, 0.3) is 5.91 Å². The minimum Gasteiger partial charge on any atom is -0.508 e.